The van der Waals surface area contributed by atoms with E-state index < -0.39 is 0 Å². The normalized spacial score (nSPS) is 26.2. The molecule has 3 N–H and O–H groups in total. The van der Waals surface area contributed by atoms with Gasteiger partial charge in [-0.1, -0.05) is 34.6 Å². The van der Waals surface area contributed by atoms with Crippen LogP contribution in [0.25, 0.3) is 0 Å². The molecule has 0 aromatic carbocycles. The summed E-state index contributed by atoms with van der Waals surface area (Å²) < 4.78 is 2.93. The number of hydrogen-bond acceptors (Lipinski definition) is 2. The third-order valence-corrected chi connectivity index (χ3v) is 5.36. The molecule has 2 rings (SSSR count). The molecule has 1 aliphatic rings. The third kappa shape index (κ3) is 2.66. The highest BCUT2D eigenvalue weighted by molar-refractivity contribution is 9.10. The van der Waals surface area contributed by atoms with Crippen LogP contribution < -0.4 is 11.1 Å². The average molecular weight is 356 g/mol. The first-order valence-electron chi connectivity index (χ1n) is 7.54. The van der Waals surface area contributed by atoms with Crippen molar-refractivity contribution in [1.29, 1.82) is 0 Å². The van der Waals surface area contributed by atoms with Gasteiger partial charge in [-0.15, -0.1) is 0 Å². The fraction of sp³-hybridized carbons (Fsp3) is 0.688. The van der Waals surface area contributed by atoms with E-state index in [1.807, 2.05) is 16.8 Å². The van der Waals surface area contributed by atoms with Crippen LogP contribution in [0.5, 0.6) is 0 Å². The van der Waals surface area contributed by atoms with Crippen molar-refractivity contribution in [3.63, 3.8) is 0 Å². The van der Waals surface area contributed by atoms with Crippen LogP contribution in [0.4, 0.5) is 0 Å². The first-order chi connectivity index (χ1) is 9.62. The molecule has 4 nitrogen and oxygen atoms in total. The van der Waals surface area contributed by atoms with Gasteiger partial charge in [-0.3, -0.25) is 4.79 Å². The zero-order valence-corrected chi connectivity index (χ0v) is 15.1. The lowest BCUT2D eigenvalue weighted by atomic mass is 9.48. The number of nitrogens with one attached hydrogen (secondary N) is 1. The number of nitrogens with two attached hydrogens (primary N) is 1. The smallest absolute Gasteiger partial charge is 0.268 e. The zero-order chi connectivity index (χ0) is 16.0. The lowest BCUT2D eigenvalue weighted by Crippen LogP contribution is -2.76. The Morgan fingerprint density at radius 2 is 1.95 bits per heavy atom. The first kappa shape index (κ1) is 16.6. The summed E-state index contributed by atoms with van der Waals surface area (Å²) in [7, 11) is 0. The summed E-state index contributed by atoms with van der Waals surface area (Å²) in [5, 5.41) is 3.20. The molecule has 1 amide bonds. The van der Waals surface area contributed by atoms with Crippen molar-refractivity contribution >= 4 is 21.8 Å². The van der Waals surface area contributed by atoms with E-state index in [0.717, 1.165) is 17.4 Å². The molecule has 0 radical (unpaired) electrons. The van der Waals surface area contributed by atoms with E-state index in [1.54, 1.807) is 0 Å². The maximum Gasteiger partial charge on any atom is 0.268 e. The number of aryl methyl sites for hydroxylation is 1. The fourth-order valence-electron chi connectivity index (χ4n) is 3.85. The molecule has 21 heavy (non-hydrogen) atoms. The second-order valence-corrected chi connectivity index (χ2v) is 8.18. The van der Waals surface area contributed by atoms with E-state index in [-0.39, 0.29) is 28.8 Å². The van der Waals surface area contributed by atoms with Crippen molar-refractivity contribution in [3.8, 4) is 0 Å². The number of amides is 1. The number of rotatable bonds is 4. The van der Waals surface area contributed by atoms with Gasteiger partial charge in [-0.2, -0.15) is 0 Å². The Hall–Kier alpha value is -0.810. The second-order valence-electron chi connectivity index (χ2n) is 7.26. The van der Waals surface area contributed by atoms with Gasteiger partial charge >= 0.3 is 0 Å². The predicted octanol–water partition coefficient (Wildman–Crippen LogP) is 3.15. The molecule has 1 aliphatic carbocycles. The standard InChI is InChI=1S/C16H26BrN3O/c1-6-7-20-9-10(17)8-11(20)12(21)19-14-15(2,3)13(18)16(14,4)5/h8-9,13-14H,6-7,18H2,1-5H3,(H,19,21). The van der Waals surface area contributed by atoms with Crippen molar-refractivity contribution in [1.82, 2.24) is 9.88 Å². The molecule has 118 valence electrons. The lowest BCUT2D eigenvalue weighted by Gasteiger charge is -2.62. The van der Waals surface area contributed by atoms with Gasteiger partial charge in [0.05, 0.1) is 0 Å². The number of aromatic nitrogens is 1. The fourth-order valence-corrected chi connectivity index (χ4v) is 4.31. The van der Waals surface area contributed by atoms with Gasteiger partial charge in [0, 0.05) is 40.1 Å². The largest absolute Gasteiger partial charge is 0.347 e. The highest BCUT2D eigenvalue weighted by Gasteiger charge is 2.60. The number of halogens is 1. The Kier molecular flexibility index (Phi) is 4.28. The number of carbonyl (C=O) groups is 1. The molecule has 1 heterocycles. The van der Waals surface area contributed by atoms with Crippen LogP contribution in [0, 0.1) is 10.8 Å². The minimum Gasteiger partial charge on any atom is -0.347 e. The minimum absolute atomic E-state index is 0.0211. The van der Waals surface area contributed by atoms with Crippen LogP contribution >= 0.6 is 15.9 Å². The molecule has 1 fully saturated rings. The monoisotopic (exact) mass is 355 g/mol. The summed E-state index contributed by atoms with van der Waals surface area (Å²) in [6, 6.07) is 2.05. The lowest BCUT2D eigenvalue weighted by molar-refractivity contribution is -0.0664. The topological polar surface area (TPSA) is 60.0 Å². The van der Waals surface area contributed by atoms with E-state index in [0.29, 0.717) is 5.69 Å². The van der Waals surface area contributed by atoms with E-state index in [4.69, 9.17) is 5.73 Å². The van der Waals surface area contributed by atoms with Gasteiger partial charge in [0.15, 0.2) is 0 Å². The van der Waals surface area contributed by atoms with Crippen molar-refractivity contribution in [2.24, 2.45) is 16.6 Å². The third-order valence-electron chi connectivity index (χ3n) is 4.93. The molecule has 0 unspecified atom stereocenters. The second kappa shape index (κ2) is 5.43. The number of carbonyl (C=O) groups excluding carboxylic acids is 1. The molecule has 0 spiro atoms. The van der Waals surface area contributed by atoms with Crippen molar-refractivity contribution in [2.75, 3.05) is 0 Å². The minimum atomic E-state index is -0.0848. The van der Waals surface area contributed by atoms with Crippen LogP contribution in [-0.4, -0.2) is 22.6 Å². The molecule has 1 aromatic heterocycles. The summed E-state index contributed by atoms with van der Waals surface area (Å²) in [6.45, 7) is 11.4. The average Bonchev–Trinajstić information content (AvgIpc) is 2.76. The molecular formula is C16H26BrN3O. The van der Waals surface area contributed by atoms with Crippen LogP contribution in [0.2, 0.25) is 0 Å². The van der Waals surface area contributed by atoms with E-state index in [2.05, 4.69) is 55.9 Å². The van der Waals surface area contributed by atoms with Gasteiger partial charge < -0.3 is 15.6 Å². The number of hydrogen-bond donors (Lipinski definition) is 2. The van der Waals surface area contributed by atoms with E-state index in [1.165, 1.54) is 0 Å². The molecular weight excluding hydrogens is 330 g/mol. The molecule has 0 aliphatic heterocycles. The van der Waals surface area contributed by atoms with Crippen LogP contribution in [-0.2, 0) is 6.54 Å². The summed E-state index contributed by atoms with van der Waals surface area (Å²) in [6.07, 6.45) is 2.95. The Morgan fingerprint density at radius 1 is 1.38 bits per heavy atom. The van der Waals surface area contributed by atoms with Crippen molar-refractivity contribution in [2.45, 2.75) is 59.7 Å². The van der Waals surface area contributed by atoms with Gasteiger partial charge in [-0.25, -0.2) is 0 Å². The summed E-state index contributed by atoms with van der Waals surface area (Å²) in [5.41, 5.74) is 6.79. The maximum absolute atomic E-state index is 12.6. The molecule has 1 saturated carbocycles. The highest BCUT2D eigenvalue weighted by Crippen LogP contribution is 2.52. The van der Waals surface area contributed by atoms with E-state index >= 15 is 0 Å². The predicted molar refractivity (Wildman–Crippen MR) is 89.2 cm³/mol. The van der Waals surface area contributed by atoms with Crippen LogP contribution in [0.3, 0.4) is 0 Å². The van der Waals surface area contributed by atoms with Gasteiger partial charge in [0.1, 0.15) is 5.69 Å². The Balaban J connectivity index is 2.19. The first-order valence-corrected chi connectivity index (χ1v) is 8.33. The van der Waals surface area contributed by atoms with Crippen LogP contribution in [0.1, 0.15) is 51.5 Å². The zero-order valence-electron chi connectivity index (χ0n) is 13.5. The number of nitrogens with zero attached hydrogens (tertiary/aromatic N) is 1. The molecule has 1 aromatic rings. The quantitative estimate of drug-likeness (QED) is 0.871. The van der Waals surface area contributed by atoms with Crippen LogP contribution in [0.15, 0.2) is 16.7 Å². The van der Waals surface area contributed by atoms with Crippen molar-refractivity contribution < 1.29 is 4.79 Å². The summed E-state index contributed by atoms with van der Waals surface area (Å²) >= 11 is 3.45. The Morgan fingerprint density at radius 3 is 2.48 bits per heavy atom. The molecule has 0 bridgehead atoms. The SMILES string of the molecule is CCCn1cc(Br)cc1C(=O)NC1C(C)(C)C(N)C1(C)C. The Labute approximate surface area is 135 Å². The van der Waals surface area contributed by atoms with Gasteiger partial charge in [0.25, 0.3) is 5.91 Å². The molecule has 5 heteroatoms. The summed E-state index contributed by atoms with van der Waals surface area (Å²) in [5.74, 6) is -0.0211. The van der Waals surface area contributed by atoms with Crippen molar-refractivity contribution in [3.05, 3.63) is 22.4 Å². The van der Waals surface area contributed by atoms with Gasteiger partial charge in [-0.05, 0) is 28.4 Å². The van der Waals surface area contributed by atoms with E-state index in [9.17, 15) is 4.79 Å². The molecule has 0 atom stereocenters. The van der Waals surface area contributed by atoms with Gasteiger partial charge in [0.2, 0.25) is 0 Å². The molecule has 0 saturated heterocycles. The Bertz CT molecular complexity index is 532. The highest BCUT2D eigenvalue weighted by atomic mass is 79.9. The summed E-state index contributed by atoms with van der Waals surface area (Å²) in [4.78, 5) is 12.6. The maximum atomic E-state index is 12.6.